The summed E-state index contributed by atoms with van der Waals surface area (Å²) in [6, 6.07) is 19.9. The van der Waals surface area contributed by atoms with Gasteiger partial charge in [-0.25, -0.2) is 0 Å². The second kappa shape index (κ2) is 12.0. The molecule has 1 aliphatic rings. The highest BCUT2D eigenvalue weighted by Gasteiger charge is 2.34. The van der Waals surface area contributed by atoms with Crippen molar-refractivity contribution in [2.24, 2.45) is 0 Å². The molecule has 0 radical (unpaired) electrons. The van der Waals surface area contributed by atoms with Crippen LogP contribution in [0.1, 0.15) is 74.5 Å². The van der Waals surface area contributed by atoms with Crippen LogP contribution in [0.4, 0.5) is 0 Å². The van der Waals surface area contributed by atoms with Crippen molar-refractivity contribution in [2.75, 3.05) is 12.7 Å². The van der Waals surface area contributed by atoms with E-state index in [1.165, 1.54) is 62.5 Å². The lowest BCUT2D eigenvalue weighted by atomic mass is 9.75. The minimum atomic E-state index is -3.87. The fraction of sp³-hybridized carbons (Fsp3) is 0.538. The van der Waals surface area contributed by atoms with Crippen LogP contribution >= 0.6 is 7.60 Å². The van der Waals surface area contributed by atoms with E-state index in [0.29, 0.717) is 18.4 Å². The van der Waals surface area contributed by atoms with Gasteiger partial charge in [0.05, 0.1) is 6.16 Å². The van der Waals surface area contributed by atoms with Crippen LogP contribution in [0.5, 0.6) is 0 Å². The zero-order chi connectivity index (χ0) is 22.0. The van der Waals surface area contributed by atoms with Crippen LogP contribution in [0.3, 0.4) is 0 Å². The Morgan fingerprint density at radius 1 is 0.839 bits per heavy atom. The van der Waals surface area contributed by atoms with Gasteiger partial charge in [-0.1, -0.05) is 80.3 Å². The van der Waals surface area contributed by atoms with Crippen LogP contribution in [0.2, 0.25) is 0 Å². The predicted octanol–water partition coefficient (Wildman–Crippen LogP) is 5.96. The molecule has 0 unspecified atom stereocenters. The number of unbranched alkanes of at least 4 members (excludes halogenated alkanes) is 2. The Hall–Kier alpha value is -1.45. The van der Waals surface area contributed by atoms with E-state index in [0.717, 1.165) is 13.0 Å². The molecule has 0 bridgehead atoms. The molecule has 31 heavy (non-hydrogen) atoms. The lowest BCUT2D eigenvalue weighted by Crippen LogP contribution is -2.21. The van der Waals surface area contributed by atoms with Gasteiger partial charge in [0.15, 0.2) is 0 Å². The Balaban J connectivity index is 1.33. The Kier molecular flexibility index (Phi) is 9.34. The standard InChI is InChI=1S/C26H38NO3P/c28-31(29,30)21-9-20-27-22-24-15-13-23(14-16-24)10-3-2-6-17-26(18-7-8-19-26)25-11-4-1-5-12-25/h1,4-5,11-16,27H,2-3,6-10,17-22H2,(H2,28,29,30). The topological polar surface area (TPSA) is 69.6 Å². The normalized spacial score (nSPS) is 15.9. The van der Waals surface area contributed by atoms with Gasteiger partial charge in [0.1, 0.15) is 0 Å². The first-order valence-electron chi connectivity index (χ1n) is 11.9. The smallest absolute Gasteiger partial charge is 0.324 e. The molecule has 0 spiro atoms. The van der Waals surface area contributed by atoms with Crippen molar-refractivity contribution < 1.29 is 14.4 Å². The van der Waals surface area contributed by atoms with Gasteiger partial charge >= 0.3 is 7.60 Å². The molecule has 1 saturated carbocycles. The molecule has 0 atom stereocenters. The Morgan fingerprint density at radius 3 is 2.19 bits per heavy atom. The Labute approximate surface area is 187 Å². The molecule has 0 heterocycles. The monoisotopic (exact) mass is 443 g/mol. The first-order chi connectivity index (χ1) is 15.0. The highest BCUT2D eigenvalue weighted by molar-refractivity contribution is 7.51. The van der Waals surface area contributed by atoms with Gasteiger partial charge in [0.25, 0.3) is 0 Å². The molecule has 3 rings (SSSR count). The molecule has 2 aromatic carbocycles. The van der Waals surface area contributed by atoms with E-state index in [4.69, 9.17) is 9.79 Å². The van der Waals surface area contributed by atoms with Crippen molar-refractivity contribution in [2.45, 2.75) is 76.2 Å². The molecule has 0 saturated heterocycles. The van der Waals surface area contributed by atoms with Crippen molar-refractivity contribution in [3.8, 4) is 0 Å². The molecule has 1 fully saturated rings. The first kappa shape index (κ1) is 24.2. The number of hydrogen-bond donors (Lipinski definition) is 3. The molecular weight excluding hydrogens is 405 g/mol. The largest absolute Gasteiger partial charge is 0.325 e. The number of benzene rings is 2. The lowest BCUT2D eigenvalue weighted by molar-refractivity contribution is 0.371. The Bertz CT molecular complexity index is 810. The van der Waals surface area contributed by atoms with Crippen molar-refractivity contribution in [3.05, 3.63) is 71.3 Å². The predicted molar refractivity (Wildman–Crippen MR) is 128 cm³/mol. The first-order valence-corrected chi connectivity index (χ1v) is 13.7. The SMILES string of the molecule is O=P(O)(O)CCCNCc1ccc(CCCCCC2(c3ccccc3)CCCC2)cc1. The molecule has 0 aliphatic heterocycles. The maximum absolute atomic E-state index is 10.8. The molecule has 2 aromatic rings. The zero-order valence-corrected chi connectivity index (χ0v) is 19.5. The van der Waals surface area contributed by atoms with E-state index in [9.17, 15) is 4.57 Å². The maximum atomic E-state index is 10.8. The summed E-state index contributed by atoms with van der Waals surface area (Å²) in [7, 11) is -3.87. The van der Waals surface area contributed by atoms with Gasteiger partial charge in [0, 0.05) is 6.54 Å². The summed E-state index contributed by atoms with van der Waals surface area (Å²) in [4.78, 5) is 17.7. The molecule has 0 amide bonds. The average molecular weight is 444 g/mol. The maximum Gasteiger partial charge on any atom is 0.325 e. The van der Waals surface area contributed by atoms with E-state index in [1.807, 2.05) is 0 Å². The third-order valence-corrected chi connectivity index (χ3v) is 7.62. The molecule has 4 nitrogen and oxygen atoms in total. The third kappa shape index (κ3) is 8.20. The summed E-state index contributed by atoms with van der Waals surface area (Å²) in [5, 5.41) is 3.25. The summed E-state index contributed by atoms with van der Waals surface area (Å²) in [6.45, 7) is 1.36. The number of aryl methyl sites for hydroxylation is 1. The van der Waals surface area contributed by atoms with Gasteiger partial charge in [-0.05, 0) is 67.2 Å². The highest BCUT2D eigenvalue weighted by atomic mass is 31.2. The summed E-state index contributed by atoms with van der Waals surface area (Å²) in [6.07, 6.45) is 12.2. The zero-order valence-electron chi connectivity index (χ0n) is 18.6. The molecule has 5 heteroatoms. The van der Waals surface area contributed by atoms with Crippen molar-refractivity contribution in [1.29, 1.82) is 0 Å². The van der Waals surface area contributed by atoms with Crippen LogP contribution in [0.15, 0.2) is 54.6 Å². The molecule has 3 N–H and O–H groups in total. The minimum absolute atomic E-state index is 0.0502. The van der Waals surface area contributed by atoms with Gasteiger partial charge in [-0.3, -0.25) is 4.57 Å². The third-order valence-electron chi connectivity index (χ3n) is 6.72. The quantitative estimate of drug-likeness (QED) is 0.264. The summed E-state index contributed by atoms with van der Waals surface area (Å²) < 4.78 is 10.8. The lowest BCUT2D eigenvalue weighted by Gasteiger charge is -2.30. The van der Waals surface area contributed by atoms with Crippen LogP contribution in [0, 0.1) is 0 Å². The van der Waals surface area contributed by atoms with Crippen molar-refractivity contribution >= 4 is 7.60 Å². The van der Waals surface area contributed by atoms with E-state index in [1.54, 1.807) is 5.56 Å². The fourth-order valence-corrected chi connectivity index (χ4v) is 5.53. The molecular formula is C26H38NO3P. The van der Waals surface area contributed by atoms with E-state index in [2.05, 4.69) is 59.9 Å². The van der Waals surface area contributed by atoms with Crippen LogP contribution < -0.4 is 5.32 Å². The van der Waals surface area contributed by atoms with E-state index in [-0.39, 0.29) is 6.16 Å². The van der Waals surface area contributed by atoms with Gasteiger partial charge < -0.3 is 15.1 Å². The van der Waals surface area contributed by atoms with Crippen LogP contribution in [-0.4, -0.2) is 22.5 Å². The second-order valence-corrected chi connectivity index (χ2v) is 10.9. The molecule has 0 aromatic heterocycles. The Morgan fingerprint density at radius 2 is 1.52 bits per heavy atom. The minimum Gasteiger partial charge on any atom is -0.324 e. The number of nitrogens with one attached hydrogen (secondary N) is 1. The van der Waals surface area contributed by atoms with E-state index >= 15 is 0 Å². The van der Waals surface area contributed by atoms with Crippen molar-refractivity contribution in [3.63, 3.8) is 0 Å². The van der Waals surface area contributed by atoms with Gasteiger partial charge in [0.2, 0.25) is 0 Å². The van der Waals surface area contributed by atoms with E-state index < -0.39 is 7.60 Å². The summed E-state index contributed by atoms with van der Waals surface area (Å²) in [5.41, 5.74) is 4.59. The van der Waals surface area contributed by atoms with Crippen molar-refractivity contribution in [1.82, 2.24) is 5.32 Å². The van der Waals surface area contributed by atoms with Crippen LogP contribution in [-0.2, 0) is 22.9 Å². The average Bonchev–Trinajstić information content (AvgIpc) is 3.24. The van der Waals surface area contributed by atoms with Gasteiger partial charge in [-0.15, -0.1) is 0 Å². The molecule has 170 valence electrons. The summed E-state index contributed by atoms with van der Waals surface area (Å²) >= 11 is 0. The van der Waals surface area contributed by atoms with Crippen LogP contribution in [0.25, 0.3) is 0 Å². The summed E-state index contributed by atoms with van der Waals surface area (Å²) in [5.74, 6) is 0. The number of rotatable bonds is 13. The van der Waals surface area contributed by atoms with Gasteiger partial charge in [-0.2, -0.15) is 0 Å². The fourth-order valence-electron chi connectivity index (χ4n) is 4.96. The molecule has 1 aliphatic carbocycles. The highest BCUT2D eigenvalue weighted by Crippen LogP contribution is 2.44. The number of hydrogen-bond acceptors (Lipinski definition) is 2. The second-order valence-electron chi connectivity index (χ2n) is 9.15.